The van der Waals surface area contributed by atoms with Gasteiger partial charge in [0, 0.05) is 55.5 Å². The summed E-state index contributed by atoms with van der Waals surface area (Å²) in [6.45, 7) is 6.24. The number of carbonyl (C=O) groups excluding carboxylic acids is 1. The van der Waals surface area contributed by atoms with Crippen molar-refractivity contribution in [1.29, 1.82) is 0 Å². The van der Waals surface area contributed by atoms with Crippen LogP contribution in [0.1, 0.15) is 45.3 Å². The van der Waals surface area contributed by atoms with Crippen molar-refractivity contribution in [2.24, 2.45) is 11.8 Å². The van der Waals surface area contributed by atoms with Crippen LogP contribution in [0.3, 0.4) is 0 Å². The van der Waals surface area contributed by atoms with E-state index in [1.807, 2.05) is 29.5 Å². The van der Waals surface area contributed by atoms with Crippen LogP contribution in [-0.4, -0.2) is 38.4 Å². The lowest BCUT2D eigenvalue weighted by Crippen LogP contribution is -2.31. The molecule has 0 radical (unpaired) electrons. The van der Waals surface area contributed by atoms with Gasteiger partial charge >= 0.3 is 0 Å². The third-order valence-electron chi connectivity index (χ3n) is 8.14. The standard InChI is InChI=1S/C31H34N4O2.H2/c1-3-27-20(2)33-29(24-7-4-22(5-8-24)26-11-6-23-12-15-32-28(23)18-26)35(31(27)37)17-14-21-13-16-34(19-21)30(36)25-9-10-25;/h4-8,11-12,15,18,21,25,32H,3,9-10,13-14,16-17,19H2,1-2H3;1H/t21-;/m0./s1. The predicted molar refractivity (Wildman–Crippen MR) is 149 cm³/mol. The fraction of sp³-hybridized carbons (Fsp3) is 0.387. The van der Waals surface area contributed by atoms with Crippen molar-refractivity contribution in [3.05, 3.63) is 76.3 Å². The monoisotopic (exact) mass is 496 g/mol. The number of fused-ring (bicyclic) bond motifs is 1. The molecule has 1 N–H and O–H groups in total. The zero-order chi connectivity index (χ0) is 25.5. The van der Waals surface area contributed by atoms with E-state index >= 15 is 0 Å². The number of nitrogens with zero attached hydrogens (tertiary/aromatic N) is 3. The average Bonchev–Trinajstić information content (AvgIpc) is 3.47. The van der Waals surface area contributed by atoms with E-state index in [0.29, 0.717) is 24.8 Å². The van der Waals surface area contributed by atoms with Crippen molar-refractivity contribution >= 4 is 16.8 Å². The quantitative estimate of drug-likeness (QED) is 0.350. The minimum Gasteiger partial charge on any atom is -0.361 e. The zero-order valence-corrected chi connectivity index (χ0v) is 21.7. The van der Waals surface area contributed by atoms with Crippen LogP contribution in [0.5, 0.6) is 0 Å². The molecule has 1 aliphatic carbocycles. The summed E-state index contributed by atoms with van der Waals surface area (Å²) in [5.74, 6) is 1.77. The molecule has 2 aliphatic rings. The summed E-state index contributed by atoms with van der Waals surface area (Å²) < 4.78 is 1.87. The first-order valence-corrected chi connectivity index (χ1v) is 13.6. The van der Waals surface area contributed by atoms with E-state index in [1.165, 1.54) is 5.39 Å². The van der Waals surface area contributed by atoms with Gasteiger partial charge in [0.2, 0.25) is 5.91 Å². The van der Waals surface area contributed by atoms with E-state index < -0.39 is 0 Å². The number of aromatic nitrogens is 3. The maximum Gasteiger partial charge on any atom is 0.257 e. The van der Waals surface area contributed by atoms with Gasteiger partial charge in [0.25, 0.3) is 5.56 Å². The van der Waals surface area contributed by atoms with Gasteiger partial charge in [0.1, 0.15) is 5.82 Å². The van der Waals surface area contributed by atoms with Crippen molar-refractivity contribution in [3.63, 3.8) is 0 Å². The van der Waals surface area contributed by atoms with Gasteiger partial charge in [-0.1, -0.05) is 43.3 Å². The van der Waals surface area contributed by atoms with Gasteiger partial charge < -0.3 is 9.88 Å². The Labute approximate surface area is 218 Å². The average molecular weight is 497 g/mol. The van der Waals surface area contributed by atoms with Crippen molar-refractivity contribution in [1.82, 2.24) is 19.4 Å². The number of hydrogen-bond acceptors (Lipinski definition) is 3. The van der Waals surface area contributed by atoms with Crippen LogP contribution in [0.4, 0.5) is 0 Å². The maximum atomic E-state index is 13.5. The molecule has 6 nitrogen and oxygen atoms in total. The molecule has 2 aromatic carbocycles. The van der Waals surface area contributed by atoms with Crippen LogP contribution in [0.25, 0.3) is 33.4 Å². The van der Waals surface area contributed by atoms with Crippen LogP contribution >= 0.6 is 0 Å². The number of amides is 1. The maximum absolute atomic E-state index is 13.5. The summed E-state index contributed by atoms with van der Waals surface area (Å²) in [6, 6.07) is 16.9. The van der Waals surface area contributed by atoms with E-state index in [9.17, 15) is 9.59 Å². The van der Waals surface area contributed by atoms with Crippen LogP contribution < -0.4 is 5.56 Å². The van der Waals surface area contributed by atoms with Crippen molar-refractivity contribution < 1.29 is 6.22 Å². The highest BCUT2D eigenvalue weighted by atomic mass is 16.2. The van der Waals surface area contributed by atoms with Crippen molar-refractivity contribution in [3.8, 4) is 22.5 Å². The minimum absolute atomic E-state index is 0. The third-order valence-corrected chi connectivity index (χ3v) is 8.14. The van der Waals surface area contributed by atoms with E-state index in [4.69, 9.17) is 4.98 Å². The van der Waals surface area contributed by atoms with Crippen molar-refractivity contribution in [2.45, 2.75) is 52.5 Å². The number of hydrogen-bond donors (Lipinski definition) is 1. The molecular weight excluding hydrogens is 460 g/mol. The molecule has 2 fully saturated rings. The fourth-order valence-corrected chi connectivity index (χ4v) is 5.74. The van der Waals surface area contributed by atoms with Crippen LogP contribution in [0, 0.1) is 18.8 Å². The van der Waals surface area contributed by atoms with Gasteiger partial charge in [0.15, 0.2) is 0 Å². The number of H-pyrrole nitrogens is 1. The number of nitrogens with one attached hydrogen (secondary N) is 1. The molecule has 6 heteroatoms. The largest absolute Gasteiger partial charge is 0.361 e. The number of carbonyl (C=O) groups is 1. The minimum atomic E-state index is 0. The molecule has 192 valence electrons. The first kappa shape index (κ1) is 23.7. The Bertz CT molecular complexity index is 1520. The second-order valence-corrected chi connectivity index (χ2v) is 10.7. The molecule has 1 saturated carbocycles. The number of likely N-dealkylation sites (tertiary alicyclic amines) is 1. The van der Waals surface area contributed by atoms with Gasteiger partial charge in [-0.15, -0.1) is 0 Å². The van der Waals surface area contributed by atoms with Crippen LogP contribution in [0.2, 0.25) is 0 Å². The Morgan fingerprint density at radius 2 is 1.81 bits per heavy atom. The molecule has 1 aliphatic heterocycles. The zero-order valence-electron chi connectivity index (χ0n) is 21.7. The Balaban J connectivity index is 0.00000294. The normalized spacial score (nSPS) is 17.6. The second-order valence-electron chi connectivity index (χ2n) is 10.7. The highest BCUT2D eigenvalue weighted by molar-refractivity contribution is 5.85. The number of benzene rings is 2. The highest BCUT2D eigenvalue weighted by Crippen LogP contribution is 2.33. The third kappa shape index (κ3) is 4.61. The molecule has 37 heavy (non-hydrogen) atoms. The molecule has 0 spiro atoms. The van der Waals surface area contributed by atoms with Crippen LogP contribution in [-0.2, 0) is 17.8 Å². The topological polar surface area (TPSA) is 71.0 Å². The molecule has 1 saturated heterocycles. The summed E-state index contributed by atoms with van der Waals surface area (Å²) in [5.41, 5.74) is 6.00. The van der Waals surface area contributed by atoms with Gasteiger partial charge in [-0.2, -0.15) is 0 Å². The summed E-state index contributed by atoms with van der Waals surface area (Å²) in [4.78, 5) is 36.3. The molecule has 0 bridgehead atoms. The van der Waals surface area contributed by atoms with Gasteiger partial charge in [-0.05, 0) is 73.6 Å². The smallest absolute Gasteiger partial charge is 0.257 e. The first-order chi connectivity index (χ1) is 18.0. The molecule has 1 amide bonds. The van der Waals surface area contributed by atoms with E-state index in [1.54, 1.807) is 0 Å². The molecule has 4 aromatic rings. The molecular formula is C31H36N4O2. The molecule has 1 atom stereocenters. The van der Waals surface area contributed by atoms with E-state index in [0.717, 1.165) is 78.1 Å². The van der Waals surface area contributed by atoms with E-state index in [2.05, 4.69) is 53.5 Å². The second kappa shape index (κ2) is 9.66. The Kier molecular flexibility index (Phi) is 6.19. The molecule has 0 unspecified atom stereocenters. The predicted octanol–water partition coefficient (Wildman–Crippen LogP) is 5.82. The lowest BCUT2D eigenvalue weighted by Gasteiger charge is -2.19. The molecule has 6 rings (SSSR count). The molecule has 2 aromatic heterocycles. The number of rotatable bonds is 7. The number of aryl methyl sites for hydroxylation is 1. The summed E-state index contributed by atoms with van der Waals surface area (Å²) in [5, 5.41) is 1.20. The Morgan fingerprint density at radius 1 is 1.05 bits per heavy atom. The summed E-state index contributed by atoms with van der Waals surface area (Å²) in [6.07, 6.45) is 6.62. The lowest BCUT2D eigenvalue weighted by atomic mass is 10.0. The lowest BCUT2D eigenvalue weighted by molar-refractivity contribution is -0.131. The highest BCUT2D eigenvalue weighted by Gasteiger charge is 2.36. The summed E-state index contributed by atoms with van der Waals surface area (Å²) in [7, 11) is 0. The Morgan fingerprint density at radius 3 is 2.57 bits per heavy atom. The summed E-state index contributed by atoms with van der Waals surface area (Å²) >= 11 is 0. The fourth-order valence-electron chi connectivity index (χ4n) is 5.74. The number of aromatic amines is 1. The van der Waals surface area contributed by atoms with Gasteiger partial charge in [0.05, 0.1) is 0 Å². The Hall–Kier alpha value is -3.67. The SMILES string of the molecule is CCc1c(C)nc(-c2ccc(-c3ccc4cc[nH]c4c3)cc2)n(CC[C@@H]2CCN(C(=O)C3CC3)C2)c1=O.[HH]. The van der Waals surface area contributed by atoms with E-state index in [-0.39, 0.29) is 12.9 Å². The van der Waals surface area contributed by atoms with Gasteiger partial charge in [-0.25, -0.2) is 4.98 Å². The van der Waals surface area contributed by atoms with Crippen molar-refractivity contribution in [2.75, 3.05) is 13.1 Å². The van der Waals surface area contributed by atoms with Crippen LogP contribution in [0.15, 0.2) is 59.5 Å². The molecule has 3 heterocycles. The van der Waals surface area contributed by atoms with Gasteiger partial charge in [-0.3, -0.25) is 14.2 Å². The first-order valence-electron chi connectivity index (χ1n) is 13.6.